The van der Waals surface area contributed by atoms with Gasteiger partial charge in [0.05, 0.1) is 23.9 Å². The summed E-state index contributed by atoms with van der Waals surface area (Å²) in [7, 11) is -0.566. The van der Waals surface area contributed by atoms with Crippen molar-refractivity contribution in [2.45, 2.75) is 30.7 Å². The number of halogens is 1. The molecule has 0 spiro atoms. The van der Waals surface area contributed by atoms with Gasteiger partial charge in [0.25, 0.3) is 0 Å². The van der Waals surface area contributed by atoms with Crippen molar-refractivity contribution in [3.05, 3.63) is 11.4 Å². The molecule has 1 N–H and O–H groups in total. The highest BCUT2D eigenvalue weighted by molar-refractivity contribution is 7.89. The lowest BCUT2D eigenvalue weighted by Gasteiger charge is -2.23. The smallest absolute Gasteiger partial charge is 0.246 e. The fourth-order valence-electron chi connectivity index (χ4n) is 1.63. The number of hydrogen-bond donors (Lipinski definition) is 1. The molecule has 0 aromatic carbocycles. The predicted octanol–water partition coefficient (Wildman–Crippen LogP) is 1.11. The maximum Gasteiger partial charge on any atom is 0.246 e. The van der Waals surface area contributed by atoms with Crippen molar-refractivity contribution < 1.29 is 13.2 Å². The third kappa shape index (κ3) is 2.85. The number of likely N-dealkylation sites (N-methyl/N-ethyl adjacent to an activating group) is 1. The molecule has 1 aromatic heterocycles. The Hall–Kier alpha value is -0.630. The Kier molecular flexibility index (Phi) is 5.15. The Morgan fingerprint density at radius 2 is 2.17 bits per heavy atom. The van der Waals surface area contributed by atoms with Crippen LogP contribution in [0.2, 0.25) is 0 Å². The van der Waals surface area contributed by atoms with Gasteiger partial charge >= 0.3 is 0 Å². The first-order valence-corrected chi connectivity index (χ1v) is 7.40. The summed E-state index contributed by atoms with van der Waals surface area (Å²) in [6.45, 7) is 3.75. The molecule has 8 heteroatoms. The maximum atomic E-state index is 12.5. The molecule has 1 unspecified atom stereocenters. The van der Waals surface area contributed by atoms with Crippen molar-refractivity contribution >= 4 is 21.6 Å². The van der Waals surface area contributed by atoms with Gasteiger partial charge in [0.1, 0.15) is 4.90 Å². The number of ether oxygens (including phenoxy) is 1. The summed E-state index contributed by atoms with van der Waals surface area (Å²) in [6.07, 6.45) is 0. The van der Waals surface area contributed by atoms with E-state index in [-0.39, 0.29) is 16.8 Å². The van der Waals surface area contributed by atoms with E-state index >= 15 is 0 Å². The van der Waals surface area contributed by atoms with E-state index < -0.39 is 10.0 Å². The second-order valence-electron chi connectivity index (χ2n) is 4.08. The summed E-state index contributed by atoms with van der Waals surface area (Å²) in [5.74, 6) is 0.0470. The fraction of sp³-hybridized carbons (Fsp3) is 0.700. The van der Waals surface area contributed by atoms with Crippen LogP contribution in [0.5, 0.6) is 0 Å². The molecule has 0 radical (unpaired) electrons. The van der Waals surface area contributed by atoms with Gasteiger partial charge in [-0.25, -0.2) is 8.42 Å². The van der Waals surface area contributed by atoms with Gasteiger partial charge in [-0.05, 0) is 13.8 Å². The lowest BCUT2D eigenvalue weighted by atomic mass is 10.4. The molecule has 1 heterocycles. The number of sulfonamides is 1. The Morgan fingerprint density at radius 3 is 2.67 bits per heavy atom. The highest BCUT2D eigenvalue weighted by atomic mass is 35.5. The molecule has 104 valence electrons. The minimum atomic E-state index is -3.62. The molecular weight excluding hydrogens is 278 g/mol. The standard InChI is InChI=1S/C10H18ClN3O3S/c1-7(6-17-4)14(3)18(15,16)10-8(2)12-13-9(10)5-11/h7H,5-6H2,1-4H3,(H,12,13). The average molecular weight is 296 g/mol. The number of hydrogen-bond acceptors (Lipinski definition) is 4. The van der Waals surface area contributed by atoms with Crippen molar-refractivity contribution in [2.75, 3.05) is 20.8 Å². The van der Waals surface area contributed by atoms with Crippen LogP contribution < -0.4 is 0 Å². The van der Waals surface area contributed by atoms with Crippen LogP contribution in [0.4, 0.5) is 0 Å². The molecule has 0 saturated heterocycles. The van der Waals surface area contributed by atoms with Crippen LogP contribution in [-0.4, -0.2) is 49.7 Å². The molecule has 1 atom stereocenters. The molecule has 0 fully saturated rings. The Morgan fingerprint density at radius 1 is 1.56 bits per heavy atom. The summed E-state index contributed by atoms with van der Waals surface area (Å²) >= 11 is 5.71. The molecule has 0 aliphatic heterocycles. The second-order valence-corrected chi connectivity index (χ2v) is 6.29. The highest BCUT2D eigenvalue weighted by Crippen LogP contribution is 2.23. The lowest BCUT2D eigenvalue weighted by Crippen LogP contribution is -2.38. The van der Waals surface area contributed by atoms with Gasteiger partial charge < -0.3 is 4.74 Å². The first kappa shape index (κ1) is 15.4. The number of aromatic nitrogens is 2. The van der Waals surface area contributed by atoms with Crippen LogP contribution >= 0.6 is 11.6 Å². The van der Waals surface area contributed by atoms with Gasteiger partial charge in [0.2, 0.25) is 10.0 Å². The number of alkyl halides is 1. The van der Waals surface area contributed by atoms with E-state index in [2.05, 4.69) is 10.2 Å². The molecule has 0 saturated carbocycles. The summed E-state index contributed by atoms with van der Waals surface area (Å²) in [5, 5.41) is 6.54. The maximum absolute atomic E-state index is 12.5. The number of nitrogens with one attached hydrogen (secondary N) is 1. The van der Waals surface area contributed by atoms with E-state index in [4.69, 9.17) is 16.3 Å². The zero-order valence-electron chi connectivity index (χ0n) is 10.9. The normalized spacial score (nSPS) is 14.1. The number of H-pyrrole nitrogens is 1. The summed E-state index contributed by atoms with van der Waals surface area (Å²) < 4.78 is 31.2. The topological polar surface area (TPSA) is 75.3 Å². The fourth-order valence-corrected chi connectivity index (χ4v) is 3.57. The van der Waals surface area contributed by atoms with Crippen LogP contribution in [0.1, 0.15) is 18.3 Å². The molecule has 6 nitrogen and oxygen atoms in total. The second kappa shape index (κ2) is 6.01. The largest absolute Gasteiger partial charge is 0.383 e. The third-order valence-electron chi connectivity index (χ3n) is 2.75. The molecule has 1 aromatic rings. The van der Waals surface area contributed by atoms with Gasteiger partial charge in [0.15, 0.2) is 0 Å². The Labute approximate surface area is 112 Å². The van der Waals surface area contributed by atoms with E-state index in [9.17, 15) is 8.42 Å². The number of methoxy groups -OCH3 is 1. The molecule has 0 aliphatic rings. The van der Waals surface area contributed by atoms with Gasteiger partial charge in [-0.2, -0.15) is 9.40 Å². The number of aromatic amines is 1. The zero-order valence-corrected chi connectivity index (χ0v) is 12.5. The SMILES string of the molecule is COCC(C)N(C)S(=O)(=O)c1c(CCl)n[nH]c1C. The van der Waals surface area contributed by atoms with Crippen molar-refractivity contribution in [3.63, 3.8) is 0 Å². The summed E-state index contributed by atoms with van der Waals surface area (Å²) in [5.41, 5.74) is 0.827. The monoisotopic (exact) mass is 295 g/mol. The van der Waals surface area contributed by atoms with Crippen molar-refractivity contribution in [1.82, 2.24) is 14.5 Å². The van der Waals surface area contributed by atoms with E-state index in [1.165, 1.54) is 18.5 Å². The van der Waals surface area contributed by atoms with Crippen molar-refractivity contribution in [3.8, 4) is 0 Å². The third-order valence-corrected chi connectivity index (χ3v) is 5.18. The minimum absolute atomic E-state index is 0.0470. The first-order valence-electron chi connectivity index (χ1n) is 5.43. The van der Waals surface area contributed by atoms with Crippen molar-refractivity contribution in [1.29, 1.82) is 0 Å². The van der Waals surface area contributed by atoms with Crippen molar-refractivity contribution in [2.24, 2.45) is 0 Å². The van der Waals surface area contributed by atoms with E-state index in [1.54, 1.807) is 13.8 Å². The van der Waals surface area contributed by atoms with Crippen LogP contribution in [0.25, 0.3) is 0 Å². The van der Waals surface area contributed by atoms with Gasteiger partial charge in [0, 0.05) is 20.2 Å². The summed E-state index contributed by atoms with van der Waals surface area (Å²) in [6, 6.07) is -0.266. The van der Waals surface area contributed by atoms with Crippen LogP contribution in [0.15, 0.2) is 4.90 Å². The Balaban J connectivity index is 3.17. The van der Waals surface area contributed by atoms with E-state index in [0.29, 0.717) is 18.0 Å². The average Bonchev–Trinajstić information content (AvgIpc) is 2.70. The predicted molar refractivity (Wildman–Crippen MR) is 69.2 cm³/mol. The number of aryl methyl sites for hydroxylation is 1. The van der Waals surface area contributed by atoms with Crippen LogP contribution in [0.3, 0.4) is 0 Å². The molecule has 0 aliphatic carbocycles. The van der Waals surface area contributed by atoms with Gasteiger partial charge in [-0.1, -0.05) is 0 Å². The number of rotatable bonds is 6. The van der Waals surface area contributed by atoms with Crippen LogP contribution in [0, 0.1) is 6.92 Å². The molecular formula is C10H18ClN3O3S. The molecule has 1 rings (SSSR count). The molecule has 0 amide bonds. The first-order chi connectivity index (χ1) is 8.36. The number of nitrogens with zero attached hydrogens (tertiary/aromatic N) is 2. The van der Waals surface area contributed by atoms with E-state index in [0.717, 1.165) is 0 Å². The van der Waals surface area contributed by atoms with Gasteiger partial charge in [-0.15, -0.1) is 11.6 Å². The Bertz CT molecular complexity index is 500. The zero-order chi connectivity index (χ0) is 13.9. The summed E-state index contributed by atoms with van der Waals surface area (Å²) in [4.78, 5) is 0.156. The molecule has 0 bridgehead atoms. The quantitative estimate of drug-likeness (QED) is 0.798. The minimum Gasteiger partial charge on any atom is -0.383 e. The molecule has 18 heavy (non-hydrogen) atoms. The highest BCUT2D eigenvalue weighted by Gasteiger charge is 2.30. The van der Waals surface area contributed by atoms with Gasteiger partial charge in [-0.3, -0.25) is 5.10 Å². The van der Waals surface area contributed by atoms with Crippen LogP contribution in [-0.2, 0) is 20.6 Å². The lowest BCUT2D eigenvalue weighted by molar-refractivity contribution is 0.149. The van der Waals surface area contributed by atoms with E-state index in [1.807, 2.05) is 0 Å².